The molecule has 0 radical (unpaired) electrons. The second kappa shape index (κ2) is 7.86. The zero-order chi connectivity index (χ0) is 18.6. The molecule has 0 spiro atoms. The molecular formula is C17H19ClN2O4S. The van der Waals surface area contributed by atoms with E-state index in [1.807, 2.05) is 0 Å². The Balaban J connectivity index is 2.05. The molecule has 0 heterocycles. The third-order valence-corrected chi connectivity index (χ3v) is 5.35. The number of halogens is 1. The van der Waals surface area contributed by atoms with Crippen molar-refractivity contribution in [1.82, 2.24) is 4.72 Å². The molecule has 0 bridgehead atoms. The van der Waals surface area contributed by atoms with Gasteiger partial charge in [0.25, 0.3) is 0 Å². The fraction of sp³-hybridized carbons (Fsp3) is 0.235. The van der Waals surface area contributed by atoms with Gasteiger partial charge in [0, 0.05) is 10.7 Å². The van der Waals surface area contributed by atoms with Gasteiger partial charge >= 0.3 is 0 Å². The molecule has 0 aliphatic rings. The highest BCUT2D eigenvalue weighted by molar-refractivity contribution is 7.89. The van der Waals surface area contributed by atoms with Crippen molar-refractivity contribution in [3.05, 3.63) is 52.5 Å². The van der Waals surface area contributed by atoms with Gasteiger partial charge < -0.3 is 10.1 Å². The van der Waals surface area contributed by atoms with E-state index in [0.717, 1.165) is 5.56 Å². The molecule has 25 heavy (non-hydrogen) atoms. The van der Waals surface area contributed by atoms with Crippen LogP contribution in [0.1, 0.15) is 11.1 Å². The Hall–Kier alpha value is -2.09. The topological polar surface area (TPSA) is 84.5 Å². The molecule has 1 amide bonds. The number of ether oxygens (including phenoxy) is 1. The van der Waals surface area contributed by atoms with Crippen LogP contribution in [-0.2, 0) is 14.8 Å². The Kier molecular flexibility index (Phi) is 6.05. The number of benzene rings is 2. The Morgan fingerprint density at radius 1 is 1.12 bits per heavy atom. The minimum absolute atomic E-state index is 0.101. The predicted molar refractivity (Wildman–Crippen MR) is 97.7 cm³/mol. The summed E-state index contributed by atoms with van der Waals surface area (Å²) in [5.74, 6) is 0.0903. The van der Waals surface area contributed by atoms with E-state index in [4.69, 9.17) is 16.3 Å². The van der Waals surface area contributed by atoms with Gasteiger partial charge in [-0.05, 0) is 61.4 Å². The maximum atomic E-state index is 12.4. The first-order valence-electron chi connectivity index (χ1n) is 7.43. The Labute approximate surface area is 152 Å². The van der Waals surface area contributed by atoms with Gasteiger partial charge in [-0.25, -0.2) is 13.1 Å². The molecule has 0 fully saturated rings. The molecule has 0 saturated carbocycles. The summed E-state index contributed by atoms with van der Waals surface area (Å²) in [4.78, 5) is 12.1. The van der Waals surface area contributed by atoms with E-state index in [1.165, 1.54) is 13.2 Å². The lowest BCUT2D eigenvalue weighted by molar-refractivity contribution is -0.115. The molecule has 6 nitrogen and oxygen atoms in total. The minimum atomic E-state index is -3.81. The average molecular weight is 383 g/mol. The van der Waals surface area contributed by atoms with Crippen LogP contribution >= 0.6 is 11.6 Å². The van der Waals surface area contributed by atoms with Gasteiger partial charge in [-0.15, -0.1) is 0 Å². The Morgan fingerprint density at radius 2 is 1.84 bits per heavy atom. The van der Waals surface area contributed by atoms with Gasteiger partial charge in [0.15, 0.2) is 0 Å². The molecule has 0 aromatic heterocycles. The second-order valence-electron chi connectivity index (χ2n) is 5.46. The molecule has 2 aromatic carbocycles. The smallest absolute Gasteiger partial charge is 0.241 e. The monoisotopic (exact) mass is 382 g/mol. The van der Waals surface area contributed by atoms with E-state index in [9.17, 15) is 13.2 Å². The van der Waals surface area contributed by atoms with Crippen molar-refractivity contribution in [3.63, 3.8) is 0 Å². The molecular weight excluding hydrogens is 364 g/mol. The normalized spacial score (nSPS) is 11.2. The zero-order valence-electron chi connectivity index (χ0n) is 14.1. The van der Waals surface area contributed by atoms with Crippen LogP contribution in [0.5, 0.6) is 5.75 Å². The van der Waals surface area contributed by atoms with E-state index in [-0.39, 0.29) is 11.4 Å². The molecule has 0 unspecified atom stereocenters. The fourth-order valence-corrected chi connectivity index (χ4v) is 3.68. The minimum Gasteiger partial charge on any atom is -0.497 e. The zero-order valence-corrected chi connectivity index (χ0v) is 15.7. The van der Waals surface area contributed by atoms with Crippen molar-refractivity contribution in [2.24, 2.45) is 0 Å². The summed E-state index contributed by atoms with van der Waals surface area (Å²) in [5, 5.41) is 3.21. The van der Waals surface area contributed by atoms with Crippen LogP contribution in [0.25, 0.3) is 0 Å². The molecule has 134 valence electrons. The molecule has 0 saturated heterocycles. The number of hydrogen-bond acceptors (Lipinski definition) is 4. The SMILES string of the molecule is COc1ccc(S(=O)(=O)NCC(=O)Nc2ccc(Cl)cc2C)c(C)c1. The molecule has 2 aromatic rings. The van der Waals surface area contributed by atoms with E-state index >= 15 is 0 Å². The van der Waals surface area contributed by atoms with Crippen LogP contribution in [0.4, 0.5) is 5.69 Å². The van der Waals surface area contributed by atoms with Crippen LogP contribution < -0.4 is 14.8 Å². The maximum Gasteiger partial charge on any atom is 0.241 e. The highest BCUT2D eigenvalue weighted by Gasteiger charge is 2.18. The average Bonchev–Trinajstić information content (AvgIpc) is 2.55. The lowest BCUT2D eigenvalue weighted by Gasteiger charge is -2.12. The number of anilines is 1. The molecule has 8 heteroatoms. The molecule has 0 aliphatic carbocycles. The first kappa shape index (κ1) is 19.2. The summed E-state index contributed by atoms with van der Waals surface area (Å²) in [6.07, 6.45) is 0. The van der Waals surface area contributed by atoms with Gasteiger partial charge in [0.2, 0.25) is 15.9 Å². The quantitative estimate of drug-likeness (QED) is 0.804. The van der Waals surface area contributed by atoms with E-state index in [0.29, 0.717) is 22.0 Å². The van der Waals surface area contributed by atoms with E-state index < -0.39 is 15.9 Å². The van der Waals surface area contributed by atoms with Gasteiger partial charge in [-0.2, -0.15) is 0 Å². The Bertz CT molecular complexity index is 898. The van der Waals surface area contributed by atoms with Gasteiger partial charge in [0.1, 0.15) is 5.75 Å². The summed E-state index contributed by atoms with van der Waals surface area (Å²) < 4.78 is 32.1. The molecule has 2 rings (SSSR count). The van der Waals surface area contributed by atoms with Crippen LogP contribution in [0.2, 0.25) is 5.02 Å². The standard InChI is InChI=1S/C17H19ClN2O4S/c1-11-8-13(18)4-6-15(11)20-17(21)10-19-25(22,23)16-7-5-14(24-3)9-12(16)2/h4-9,19H,10H2,1-3H3,(H,20,21). The van der Waals surface area contributed by atoms with Crippen LogP contribution in [0.3, 0.4) is 0 Å². The molecule has 2 N–H and O–H groups in total. The number of rotatable bonds is 6. The summed E-state index contributed by atoms with van der Waals surface area (Å²) >= 11 is 5.87. The number of methoxy groups -OCH3 is 1. The van der Waals surface area contributed by atoms with Crippen molar-refractivity contribution in [2.45, 2.75) is 18.7 Å². The van der Waals surface area contributed by atoms with E-state index in [2.05, 4.69) is 10.0 Å². The first-order valence-corrected chi connectivity index (χ1v) is 9.29. The highest BCUT2D eigenvalue weighted by atomic mass is 35.5. The van der Waals surface area contributed by atoms with E-state index in [1.54, 1.807) is 44.2 Å². The van der Waals surface area contributed by atoms with Crippen molar-refractivity contribution < 1.29 is 17.9 Å². The van der Waals surface area contributed by atoms with Crippen molar-refractivity contribution >= 4 is 33.2 Å². The number of aryl methyl sites for hydroxylation is 2. The second-order valence-corrected chi connectivity index (χ2v) is 7.64. The number of hydrogen-bond donors (Lipinski definition) is 2. The molecule has 0 atom stereocenters. The maximum absolute atomic E-state index is 12.4. The molecule has 0 aliphatic heterocycles. The number of carbonyl (C=O) groups excluding carboxylic acids is 1. The fourth-order valence-electron chi connectivity index (χ4n) is 2.25. The van der Waals surface area contributed by atoms with Gasteiger partial charge in [-0.1, -0.05) is 11.6 Å². The van der Waals surface area contributed by atoms with Crippen LogP contribution in [-0.4, -0.2) is 28.0 Å². The predicted octanol–water partition coefficient (Wildman–Crippen LogP) is 2.88. The third kappa shape index (κ3) is 4.94. The summed E-state index contributed by atoms with van der Waals surface area (Å²) in [7, 11) is -2.30. The highest BCUT2D eigenvalue weighted by Crippen LogP contribution is 2.21. The summed E-state index contributed by atoms with van der Waals surface area (Å²) in [5.41, 5.74) is 1.89. The number of sulfonamides is 1. The largest absolute Gasteiger partial charge is 0.497 e. The summed E-state index contributed by atoms with van der Waals surface area (Å²) in [6.45, 7) is 3.08. The van der Waals surface area contributed by atoms with Gasteiger partial charge in [-0.3, -0.25) is 4.79 Å². The Morgan fingerprint density at radius 3 is 2.44 bits per heavy atom. The van der Waals surface area contributed by atoms with Crippen molar-refractivity contribution in [2.75, 3.05) is 19.0 Å². The number of amides is 1. The first-order chi connectivity index (χ1) is 11.7. The number of nitrogens with one attached hydrogen (secondary N) is 2. The van der Waals surface area contributed by atoms with Crippen molar-refractivity contribution in [1.29, 1.82) is 0 Å². The van der Waals surface area contributed by atoms with Crippen molar-refractivity contribution in [3.8, 4) is 5.75 Å². The van der Waals surface area contributed by atoms with Gasteiger partial charge in [0.05, 0.1) is 18.6 Å². The summed E-state index contributed by atoms with van der Waals surface area (Å²) in [6, 6.07) is 9.64. The lowest BCUT2D eigenvalue weighted by Crippen LogP contribution is -2.33. The van der Waals surface area contributed by atoms with Crippen LogP contribution in [0.15, 0.2) is 41.3 Å². The third-order valence-electron chi connectivity index (χ3n) is 3.56. The lowest BCUT2D eigenvalue weighted by atomic mass is 10.2. The number of carbonyl (C=O) groups is 1. The van der Waals surface area contributed by atoms with Crippen LogP contribution in [0, 0.1) is 13.8 Å².